The van der Waals surface area contributed by atoms with Crippen LogP contribution < -0.4 is 5.73 Å². The summed E-state index contributed by atoms with van der Waals surface area (Å²) in [6.45, 7) is 2.12. The molecule has 0 aromatic heterocycles. The van der Waals surface area contributed by atoms with Crippen LogP contribution in [-0.2, 0) is 12.8 Å². The second-order valence-corrected chi connectivity index (χ2v) is 4.36. The number of para-hydroxylation sites is 1. The van der Waals surface area contributed by atoms with Crippen molar-refractivity contribution in [3.63, 3.8) is 0 Å². The SMILES string of the molecule is CCc1ccc(CC(=O)c2ccccc2N)cc1. The summed E-state index contributed by atoms with van der Waals surface area (Å²) in [4.78, 5) is 12.1. The van der Waals surface area contributed by atoms with E-state index in [4.69, 9.17) is 5.73 Å². The molecule has 0 aliphatic rings. The van der Waals surface area contributed by atoms with E-state index in [1.807, 2.05) is 24.3 Å². The molecule has 0 bridgehead atoms. The van der Waals surface area contributed by atoms with Crippen LogP contribution in [0.3, 0.4) is 0 Å². The molecule has 0 saturated carbocycles. The van der Waals surface area contributed by atoms with Crippen molar-refractivity contribution < 1.29 is 4.79 Å². The maximum atomic E-state index is 12.1. The van der Waals surface area contributed by atoms with Gasteiger partial charge in [0, 0.05) is 17.7 Å². The highest BCUT2D eigenvalue weighted by atomic mass is 16.1. The monoisotopic (exact) mass is 239 g/mol. The zero-order chi connectivity index (χ0) is 13.0. The second-order valence-electron chi connectivity index (χ2n) is 4.36. The van der Waals surface area contributed by atoms with E-state index < -0.39 is 0 Å². The number of carbonyl (C=O) groups excluding carboxylic acids is 1. The molecule has 0 aliphatic heterocycles. The molecule has 0 saturated heterocycles. The lowest BCUT2D eigenvalue weighted by Crippen LogP contribution is -2.06. The molecule has 18 heavy (non-hydrogen) atoms. The minimum Gasteiger partial charge on any atom is -0.398 e. The molecular weight excluding hydrogens is 222 g/mol. The molecule has 2 nitrogen and oxygen atoms in total. The fourth-order valence-corrected chi connectivity index (χ4v) is 1.92. The van der Waals surface area contributed by atoms with E-state index in [9.17, 15) is 4.79 Å². The molecule has 0 atom stereocenters. The van der Waals surface area contributed by atoms with Gasteiger partial charge in [0.05, 0.1) is 0 Å². The van der Waals surface area contributed by atoms with Crippen LogP contribution in [0, 0.1) is 0 Å². The lowest BCUT2D eigenvalue weighted by atomic mass is 10.0. The van der Waals surface area contributed by atoms with E-state index in [1.165, 1.54) is 5.56 Å². The van der Waals surface area contributed by atoms with Crippen molar-refractivity contribution in [2.45, 2.75) is 19.8 Å². The Hall–Kier alpha value is -2.09. The summed E-state index contributed by atoms with van der Waals surface area (Å²) in [5.41, 5.74) is 9.27. The van der Waals surface area contributed by atoms with Gasteiger partial charge in [-0.25, -0.2) is 0 Å². The van der Waals surface area contributed by atoms with Gasteiger partial charge >= 0.3 is 0 Å². The van der Waals surface area contributed by atoms with E-state index >= 15 is 0 Å². The first-order chi connectivity index (χ1) is 8.70. The predicted molar refractivity (Wildman–Crippen MR) is 74.7 cm³/mol. The van der Waals surface area contributed by atoms with Crippen LogP contribution in [0.25, 0.3) is 0 Å². The normalized spacial score (nSPS) is 10.3. The minimum atomic E-state index is 0.0670. The van der Waals surface area contributed by atoms with Gasteiger partial charge in [-0.2, -0.15) is 0 Å². The maximum absolute atomic E-state index is 12.1. The Labute approximate surface area is 107 Å². The van der Waals surface area contributed by atoms with E-state index in [0.717, 1.165) is 12.0 Å². The lowest BCUT2D eigenvalue weighted by molar-refractivity contribution is 0.0994. The summed E-state index contributed by atoms with van der Waals surface area (Å²) in [5, 5.41) is 0. The van der Waals surface area contributed by atoms with Crippen molar-refractivity contribution in [1.29, 1.82) is 0 Å². The number of nitrogens with two attached hydrogens (primary N) is 1. The third-order valence-corrected chi connectivity index (χ3v) is 3.06. The van der Waals surface area contributed by atoms with Gasteiger partial charge in [-0.1, -0.05) is 43.3 Å². The standard InChI is InChI=1S/C16H17NO/c1-2-12-7-9-13(10-8-12)11-16(18)14-5-3-4-6-15(14)17/h3-10H,2,11,17H2,1H3. The fraction of sp³-hybridized carbons (Fsp3) is 0.188. The van der Waals surface area contributed by atoms with Gasteiger partial charge in [-0.15, -0.1) is 0 Å². The number of anilines is 1. The van der Waals surface area contributed by atoms with E-state index in [2.05, 4.69) is 19.1 Å². The number of Topliss-reactive ketones (excluding diaryl/α,β-unsaturated/α-hetero) is 1. The van der Waals surface area contributed by atoms with Crippen LogP contribution >= 0.6 is 0 Å². The molecule has 0 amide bonds. The van der Waals surface area contributed by atoms with Crippen molar-refractivity contribution >= 4 is 11.5 Å². The van der Waals surface area contributed by atoms with E-state index in [0.29, 0.717) is 17.7 Å². The molecule has 2 heteroatoms. The van der Waals surface area contributed by atoms with Gasteiger partial charge in [-0.3, -0.25) is 4.79 Å². The molecule has 92 valence electrons. The number of carbonyl (C=O) groups is 1. The van der Waals surface area contributed by atoms with Gasteiger partial charge < -0.3 is 5.73 Å². The van der Waals surface area contributed by atoms with Gasteiger partial charge in [0.15, 0.2) is 5.78 Å². The molecule has 0 fully saturated rings. The first-order valence-corrected chi connectivity index (χ1v) is 6.16. The molecule has 0 aliphatic carbocycles. The molecule has 2 aromatic carbocycles. The Kier molecular flexibility index (Phi) is 3.78. The van der Waals surface area contributed by atoms with Crippen LogP contribution in [0.2, 0.25) is 0 Å². The van der Waals surface area contributed by atoms with Crippen LogP contribution in [-0.4, -0.2) is 5.78 Å². The third kappa shape index (κ3) is 2.77. The topological polar surface area (TPSA) is 43.1 Å². The Balaban J connectivity index is 2.14. The number of benzene rings is 2. The van der Waals surface area contributed by atoms with Gasteiger partial charge in [-0.05, 0) is 29.7 Å². The number of hydrogen-bond acceptors (Lipinski definition) is 2. The fourth-order valence-electron chi connectivity index (χ4n) is 1.92. The van der Waals surface area contributed by atoms with E-state index in [-0.39, 0.29) is 5.78 Å². The molecule has 2 aromatic rings. The summed E-state index contributed by atoms with van der Waals surface area (Å²) in [6.07, 6.45) is 1.41. The van der Waals surface area contributed by atoms with Crippen LogP contribution in [0.4, 0.5) is 5.69 Å². The Morgan fingerprint density at radius 3 is 2.22 bits per heavy atom. The maximum Gasteiger partial charge on any atom is 0.169 e. The van der Waals surface area contributed by atoms with Crippen molar-refractivity contribution in [1.82, 2.24) is 0 Å². The summed E-state index contributed by atoms with van der Waals surface area (Å²) in [7, 11) is 0. The van der Waals surface area contributed by atoms with Crippen LogP contribution in [0.5, 0.6) is 0 Å². The molecule has 2 rings (SSSR count). The van der Waals surface area contributed by atoms with Crippen molar-refractivity contribution in [3.05, 3.63) is 65.2 Å². The smallest absolute Gasteiger partial charge is 0.169 e. The number of aryl methyl sites for hydroxylation is 1. The molecular formula is C16H17NO. The van der Waals surface area contributed by atoms with Gasteiger partial charge in [0.25, 0.3) is 0 Å². The molecule has 0 unspecified atom stereocenters. The van der Waals surface area contributed by atoms with Crippen molar-refractivity contribution in [3.8, 4) is 0 Å². The summed E-state index contributed by atoms with van der Waals surface area (Å²) < 4.78 is 0. The average molecular weight is 239 g/mol. The minimum absolute atomic E-state index is 0.0670. The Bertz CT molecular complexity index is 543. The number of nitrogen functional groups attached to an aromatic ring is 1. The zero-order valence-electron chi connectivity index (χ0n) is 10.5. The van der Waals surface area contributed by atoms with Crippen molar-refractivity contribution in [2.24, 2.45) is 0 Å². The third-order valence-electron chi connectivity index (χ3n) is 3.06. The molecule has 0 radical (unpaired) electrons. The summed E-state index contributed by atoms with van der Waals surface area (Å²) in [5.74, 6) is 0.0670. The quantitative estimate of drug-likeness (QED) is 0.657. The molecule has 0 spiro atoms. The number of hydrogen-bond donors (Lipinski definition) is 1. The zero-order valence-corrected chi connectivity index (χ0v) is 10.5. The van der Waals surface area contributed by atoms with Crippen molar-refractivity contribution in [2.75, 3.05) is 5.73 Å². The average Bonchev–Trinajstić information content (AvgIpc) is 2.40. The van der Waals surface area contributed by atoms with Gasteiger partial charge in [0.2, 0.25) is 0 Å². The highest BCUT2D eigenvalue weighted by molar-refractivity contribution is 6.01. The highest BCUT2D eigenvalue weighted by Gasteiger charge is 2.09. The summed E-state index contributed by atoms with van der Waals surface area (Å²) in [6, 6.07) is 15.4. The lowest BCUT2D eigenvalue weighted by Gasteiger charge is -2.05. The van der Waals surface area contributed by atoms with Gasteiger partial charge in [0.1, 0.15) is 0 Å². The second kappa shape index (κ2) is 5.50. The molecule has 0 heterocycles. The van der Waals surface area contributed by atoms with E-state index in [1.54, 1.807) is 12.1 Å². The Morgan fingerprint density at radius 2 is 1.61 bits per heavy atom. The largest absolute Gasteiger partial charge is 0.398 e. The van der Waals surface area contributed by atoms with Crippen LogP contribution in [0.15, 0.2) is 48.5 Å². The predicted octanol–water partition coefficient (Wildman–Crippen LogP) is 3.26. The van der Waals surface area contributed by atoms with Crippen LogP contribution in [0.1, 0.15) is 28.4 Å². The highest BCUT2D eigenvalue weighted by Crippen LogP contribution is 2.14. The first kappa shape index (κ1) is 12.4. The summed E-state index contributed by atoms with van der Waals surface area (Å²) >= 11 is 0. The first-order valence-electron chi connectivity index (χ1n) is 6.16. The molecule has 2 N–H and O–H groups in total. The number of ketones is 1. The Morgan fingerprint density at radius 1 is 1.00 bits per heavy atom. The number of rotatable bonds is 4.